The number of ether oxygens (including phenoxy) is 2. The van der Waals surface area contributed by atoms with Crippen LogP contribution in [0.5, 0.6) is 0 Å². The number of methoxy groups -OCH3 is 1. The molecule has 1 aromatic rings. The van der Waals surface area contributed by atoms with Gasteiger partial charge in [-0.05, 0) is 36.5 Å². The lowest BCUT2D eigenvalue weighted by Crippen LogP contribution is -2.49. The molecule has 0 spiro atoms. The molecule has 1 atom stereocenters. The summed E-state index contributed by atoms with van der Waals surface area (Å²) in [6.45, 7) is 2.30. The topological polar surface area (TPSA) is 30.5 Å². The molecule has 20 heavy (non-hydrogen) atoms. The first-order valence-electron chi connectivity index (χ1n) is 7.32. The number of hydrogen-bond donors (Lipinski definition) is 1. The summed E-state index contributed by atoms with van der Waals surface area (Å²) >= 11 is 0. The highest BCUT2D eigenvalue weighted by Crippen LogP contribution is 2.37. The molecule has 2 fully saturated rings. The molecule has 1 aromatic carbocycles. The maximum atomic E-state index is 13.2. The van der Waals surface area contributed by atoms with Crippen LogP contribution in [0.1, 0.15) is 30.7 Å². The molecule has 2 aliphatic rings. The van der Waals surface area contributed by atoms with E-state index < -0.39 is 0 Å². The second-order valence-corrected chi connectivity index (χ2v) is 5.99. The summed E-state index contributed by atoms with van der Waals surface area (Å²) in [6, 6.07) is 7.48. The van der Waals surface area contributed by atoms with Gasteiger partial charge in [-0.25, -0.2) is 4.39 Å². The normalized spacial score (nSPS) is 33.1. The van der Waals surface area contributed by atoms with Crippen LogP contribution in [0.15, 0.2) is 24.3 Å². The number of benzene rings is 1. The van der Waals surface area contributed by atoms with Crippen molar-refractivity contribution in [3.05, 3.63) is 35.6 Å². The van der Waals surface area contributed by atoms with Crippen LogP contribution in [0, 0.1) is 5.82 Å². The smallest absolute Gasteiger partial charge is 0.123 e. The highest BCUT2D eigenvalue weighted by molar-refractivity contribution is 5.23. The predicted molar refractivity (Wildman–Crippen MR) is 75.3 cm³/mol. The van der Waals surface area contributed by atoms with Crippen molar-refractivity contribution in [2.24, 2.45) is 0 Å². The first-order chi connectivity index (χ1) is 9.71. The lowest BCUT2D eigenvalue weighted by Gasteiger charge is -2.38. The average Bonchev–Trinajstić information content (AvgIpc) is 2.86. The fraction of sp³-hybridized carbons (Fsp3) is 0.625. The van der Waals surface area contributed by atoms with E-state index in [0.717, 1.165) is 38.0 Å². The van der Waals surface area contributed by atoms with Crippen LogP contribution >= 0.6 is 0 Å². The Hall–Kier alpha value is -0.970. The molecule has 1 saturated heterocycles. The van der Waals surface area contributed by atoms with Gasteiger partial charge in [-0.1, -0.05) is 12.1 Å². The van der Waals surface area contributed by atoms with Crippen LogP contribution in [0.3, 0.4) is 0 Å². The quantitative estimate of drug-likeness (QED) is 0.898. The van der Waals surface area contributed by atoms with Crippen molar-refractivity contribution in [3.8, 4) is 0 Å². The molecule has 0 aromatic heterocycles. The lowest BCUT2D eigenvalue weighted by molar-refractivity contribution is -0.0196. The number of rotatable bonds is 5. The van der Waals surface area contributed by atoms with Crippen LogP contribution < -0.4 is 5.32 Å². The monoisotopic (exact) mass is 279 g/mol. The molecule has 0 amide bonds. The van der Waals surface area contributed by atoms with E-state index in [2.05, 4.69) is 5.32 Å². The van der Waals surface area contributed by atoms with Crippen LogP contribution in [-0.4, -0.2) is 38.5 Å². The summed E-state index contributed by atoms with van der Waals surface area (Å²) < 4.78 is 24.2. The Balaban J connectivity index is 1.46. The van der Waals surface area contributed by atoms with Gasteiger partial charge in [0.25, 0.3) is 0 Å². The van der Waals surface area contributed by atoms with E-state index in [1.807, 2.05) is 6.07 Å². The Morgan fingerprint density at radius 3 is 2.95 bits per heavy atom. The second kappa shape index (κ2) is 5.80. The molecule has 3 nitrogen and oxygen atoms in total. The zero-order valence-electron chi connectivity index (χ0n) is 11.9. The second-order valence-electron chi connectivity index (χ2n) is 5.99. The summed E-state index contributed by atoms with van der Waals surface area (Å²) in [5, 5.41) is 3.57. The Morgan fingerprint density at radius 1 is 1.45 bits per heavy atom. The first-order valence-corrected chi connectivity index (χ1v) is 7.32. The molecular formula is C16H22FNO2. The summed E-state index contributed by atoms with van der Waals surface area (Å²) in [6.07, 6.45) is 3.10. The van der Waals surface area contributed by atoms with Gasteiger partial charge in [0.2, 0.25) is 0 Å². The third-order valence-corrected chi connectivity index (χ3v) is 4.67. The van der Waals surface area contributed by atoms with E-state index in [1.165, 1.54) is 6.07 Å². The molecule has 1 aliphatic carbocycles. The molecule has 3 rings (SSSR count). The van der Waals surface area contributed by atoms with E-state index in [-0.39, 0.29) is 11.4 Å². The van der Waals surface area contributed by atoms with Crippen molar-refractivity contribution in [3.63, 3.8) is 0 Å². The zero-order valence-corrected chi connectivity index (χ0v) is 11.9. The standard InChI is InChI=1S/C16H22FNO2/c1-19-16(5-6-20-11-16)10-18-15-8-13(9-15)12-3-2-4-14(17)7-12/h2-4,7,13,15,18H,5-6,8-11H2,1H3. The SMILES string of the molecule is COC1(CNC2CC(c3cccc(F)c3)C2)CCOC1. The maximum absolute atomic E-state index is 13.2. The van der Waals surface area contributed by atoms with Crippen LogP contribution in [0.2, 0.25) is 0 Å². The fourth-order valence-electron chi connectivity index (χ4n) is 3.11. The van der Waals surface area contributed by atoms with Gasteiger partial charge in [0.05, 0.1) is 6.61 Å². The van der Waals surface area contributed by atoms with E-state index in [9.17, 15) is 4.39 Å². The van der Waals surface area contributed by atoms with Gasteiger partial charge >= 0.3 is 0 Å². The van der Waals surface area contributed by atoms with Crippen LogP contribution in [-0.2, 0) is 9.47 Å². The van der Waals surface area contributed by atoms with Crippen molar-refractivity contribution in [1.82, 2.24) is 5.32 Å². The fourth-order valence-corrected chi connectivity index (χ4v) is 3.11. The summed E-state index contributed by atoms with van der Waals surface area (Å²) in [5.41, 5.74) is 0.970. The minimum atomic E-state index is -0.149. The van der Waals surface area contributed by atoms with Crippen LogP contribution in [0.4, 0.5) is 4.39 Å². The highest BCUT2D eigenvalue weighted by Gasteiger charge is 2.37. The van der Waals surface area contributed by atoms with Gasteiger partial charge in [-0.3, -0.25) is 0 Å². The molecule has 4 heteroatoms. The van der Waals surface area contributed by atoms with Gasteiger partial charge in [0.1, 0.15) is 11.4 Å². The number of hydrogen-bond acceptors (Lipinski definition) is 3. The van der Waals surface area contributed by atoms with Crippen molar-refractivity contribution in [2.75, 3.05) is 26.9 Å². The van der Waals surface area contributed by atoms with E-state index >= 15 is 0 Å². The van der Waals surface area contributed by atoms with E-state index in [4.69, 9.17) is 9.47 Å². The molecule has 1 N–H and O–H groups in total. The Labute approximate surface area is 119 Å². The Morgan fingerprint density at radius 2 is 2.30 bits per heavy atom. The van der Waals surface area contributed by atoms with Gasteiger partial charge in [-0.15, -0.1) is 0 Å². The van der Waals surface area contributed by atoms with Gasteiger partial charge in [0, 0.05) is 32.7 Å². The molecule has 1 saturated carbocycles. The molecule has 1 aliphatic heterocycles. The van der Waals surface area contributed by atoms with Crippen molar-refractivity contribution in [2.45, 2.75) is 36.8 Å². The summed E-state index contributed by atoms with van der Waals surface area (Å²) in [5.74, 6) is 0.349. The van der Waals surface area contributed by atoms with Crippen molar-refractivity contribution >= 4 is 0 Å². The minimum Gasteiger partial charge on any atom is -0.378 e. The molecule has 0 radical (unpaired) electrons. The van der Waals surface area contributed by atoms with Gasteiger partial charge in [0.15, 0.2) is 0 Å². The van der Waals surface area contributed by atoms with Crippen molar-refractivity contribution < 1.29 is 13.9 Å². The molecule has 0 bridgehead atoms. The molecule has 1 heterocycles. The van der Waals surface area contributed by atoms with Gasteiger partial charge < -0.3 is 14.8 Å². The first kappa shape index (κ1) is 14.0. The molecular weight excluding hydrogens is 257 g/mol. The van der Waals surface area contributed by atoms with Gasteiger partial charge in [-0.2, -0.15) is 0 Å². The Kier molecular flexibility index (Phi) is 4.06. The van der Waals surface area contributed by atoms with E-state index in [1.54, 1.807) is 19.2 Å². The number of nitrogens with one attached hydrogen (secondary N) is 1. The third-order valence-electron chi connectivity index (χ3n) is 4.67. The van der Waals surface area contributed by atoms with E-state index in [0.29, 0.717) is 18.6 Å². The summed E-state index contributed by atoms with van der Waals surface area (Å²) in [4.78, 5) is 0. The predicted octanol–water partition coefficient (Wildman–Crippen LogP) is 2.47. The van der Waals surface area contributed by atoms with Crippen molar-refractivity contribution in [1.29, 1.82) is 0 Å². The third kappa shape index (κ3) is 2.87. The Bertz CT molecular complexity index is 454. The molecule has 110 valence electrons. The maximum Gasteiger partial charge on any atom is 0.123 e. The number of halogens is 1. The van der Waals surface area contributed by atoms with Crippen LogP contribution in [0.25, 0.3) is 0 Å². The zero-order chi connectivity index (χ0) is 14.0. The molecule has 1 unspecified atom stereocenters. The largest absolute Gasteiger partial charge is 0.378 e. The highest BCUT2D eigenvalue weighted by atomic mass is 19.1. The lowest BCUT2D eigenvalue weighted by atomic mass is 9.75. The average molecular weight is 279 g/mol. The minimum absolute atomic E-state index is 0.139. The summed E-state index contributed by atoms with van der Waals surface area (Å²) in [7, 11) is 1.76.